The number of nitro benzene ring substituents is 1. The molecule has 1 heterocycles. The Kier molecular flexibility index (Phi) is 4.80. The lowest BCUT2D eigenvalue weighted by Gasteiger charge is -2.06. The number of nitrogens with one attached hydrogen (secondary N) is 1. The van der Waals surface area contributed by atoms with Crippen LogP contribution in [-0.4, -0.2) is 16.6 Å². The van der Waals surface area contributed by atoms with E-state index in [1.807, 2.05) is 10.8 Å². The van der Waals surface area contributed by atoms with Gasteiger partial charge in [0.05, 0.1) is 10.5 Å². The number of hydrogen-bond donors (Lipinski definition) is 1. The van der Waals surface area contributed by atoms with Crippen molar-refractivity contribution in [1.29, 1.82) is 0 Å². The van der Waals surface area contributed by atoms with Crippen LogP contribution in [0.25, 0.3) is 6.08 Å². The zero-order valence-corrected chi connectivity index (χ0v) is 12.4. The lowest BCUT2D eigenvalue weighted by molar-refractivity contribution is -0.384. The molecule has 0 atom stereocenters. The molecule has 0 aliphatic rings. The Balaban J connectivity index is 2.18. The summed E-state index contributed by atoms with van der Waals surface area (Å²) in [4.78, 5) is 33.8. The Hall–Kier alpha value is -2.80. The molecule has 2 rings (SSSR count). The minimum absolute atomic E-state index is 0.0248. The number of ketones is 1. The van der Waals surface area contributed by atoms with Crippen molar-refractivity contribution in [2.24, 2.45) is 0 Å². The summed E-state index contributed by atoms with van der Waals surface area (Å²) in [6.07, 6.45) is 1.51. The number of amides is 1. The number of anilines is 1. The first-order chi connectivity index (χ1) is 10.5. The minimum Gasteiger partial charge on any atom is -0.322 e. The summed E-state index contributed by atoms with van der Waals surface area (Å²) in [5, 5.41) is 16.8. The van der Waals surface area contributed by atoms with Crippen molar-refractivity contribution >= 4 is 40.5 Å². The maximum absolute atomic E-state index is 12.2. The van der Waals surface area contributed by atoms with Crippen LogP contribution in [0.5, 0.6) is 0 Å². The largest absolute Gasteiger partial charge is 0.322 e. The van der Waals surface area contributed by atoms with Crippen LogP contribution >= 0.6 is 11.3 Å². The molecule has 112 valence electrons. The summed E-state index contributed by atoms with van der Waals surface area (Å²) in [5.74, 6) is -0.904. The number of nitrogens with zero attached hydrogens (tertiary/aromatic N) is 1. The van der Waals surface area contributed by atoms with E-state index in [1.54, 1.807) is 6.07 Å². The normalized spacial score (nSPS) is 11.0. The van der Waals surface area contributed by atoms with E-state index in [1.165, 1.54) is 48.6 Å². The highest BCUT2D eigenvalue weighted by Crippen LogP contribution is 2.17. The SMILES string of the molecule is CC(=O)/C(=C\c1ccsc1)C(=O)Nc1ccc([N+](=O)[O-])cc1. The van der Waals surface area contributed by atoms with Crippen molar-refractivity contribution < 1.29 is 14.5 Å². The van der Waals surface area contributed by atoms with Crippen molar-refractivity contribution in [2.45, 2.75) is 6.92 Å². The Bertz CT molecular complexity index is 733. The van der Waals surface area contributed by atoms with Crippen molar-refractivity contribution in [3.8, 4) is 0 Å². The van der Waals surface area contributed by atoms with Crippen LogP contribution < -0.4 is 5.32 Å². The number of carbonyl (C=O) groups is 2. The molecule has 0 saturated heterocycles. The molecule has 0 aliphatic heterocycles. The van der Waals surface area contributed by atoms with Gasteiger partial charge in [0.15, 0.2) is 5.78 Å². The number of non-ortho nitro benzene ring substituents is 1. The number of Topliss-reactive ketones (excluding diaryl/α,β-unsaturated/α-hetero) is 1. The van der Waals surface area contributed by atoms with Crippen molar-refractivity contribution in [3.63, 3.8) is 0 Å². The van der Waals surface area contributed by atoms with Gasteiger partial charge in [0.2, 0.25) is 0 Å². The smallest absolute Gasteiger partial charge is 0.269 e. The van der Waals surface area contributed by atoms with Crippen LogP contribution in [0.15, 0.2) is 46.7 Å². The predicted molar refractivity (Wildman–Crippen MR) is 84.7 cm³/mol. The van der Waals surface area contributed by atoms with Gasteiger partial charge in [-0.3, -0.25) is 19.7 Å². The molecule has 1 aromatic heterocycles. The number of rotatable bonds is 5. The standard InChI is InChI=1S/C15H12N2O4S/c1-10(18)14(8-11-6-7-22-9-11)15(19)16-12-2-4-13(5-3-12)17(20)21/h2-9H,1H3,(H,16,19)/b14-8+. The first-order valence-electron chi connectivity index (χ1n) is 6.28. The Morgan fingerprint density at radius 2 is 1.91 bits per heavy atom. The zero-order valence-electron chi connectivity index (χ0n) is 11.6. The molecule has 7 heteroatoms. The van der Waals surface area contributed by atoms with Crippen LogP contribution in [0.4, 0.5) is 11.4 Å². The molecule has 22 heavy (non-hydrogen) atoms. The molecule has 0 saturated carbocycles. The third-order valence-electron chi connectivity index (χ3n) is 2.81. The average Bonchev–Trinajstić information content (AvgIpc) is 2.98. The first-order valence-corrected chi connectivity index (χ1v) is 7.22. The van der Waals surface area contributed by atoms with Gasteiger partial charge in [-0.25, -0.2) is 0 Å². The van der Waals surface area contributed by atoms with Gasteiger partial charge in [0, 0.05) is 17.8 Å². The summed E-state index contributed by atoms with van der Waals surface area (Å²) >= 11 is 1.46. The number of nitro groups is 1. The van der Waals surface area contributed by atoms with E-state index in [9.17, 15) is 19.7 Å². The van der Waals surface area contributed by atoms with Crippen LogP contribution in [0.2, 0.25) is 0 Å². The third-order valence-corrected chi connectivity index (χ3v) is 3.52. The molecule has 6 nitrogen and oxygen atoms in total. The van der Waals surface area contributed by atoms with Gasteiger partial charge in [-0.05, 0) is 47.5 Å². The molecule has 0 radical (unpaired) electrons. The highest BCUT2D eigenvalue weighted by atomic mass is 32.1. The lowest BCUT2D eigenvalue weighted by atomic mass is 10.1. The quantitative estimate of drug-likeness (QED) is 0.301. The fourth-order valence-electron chi connectivity index (χ4n) is 1.72. The van der Waals surface area contributed by atoms with E-state index >= 15 is 0 Å². The van der Waals surface area contributed by atoms with Gasteiger partial charge in [0.25, 0.3) is 11.6 Å². The van der Waals surface area contributed by atoms with E-state index < -0.39 is 10.8 Å². The topological polar surface area (TPSA) is 89.3 Å². The molecule has 0 unspecified atom stereocenters. The first kappa shape index (κ1) is 15.6. The highest BCUT2D eigenvalue weighted by molar-refractivity contribution is 7.08. The van der Waals surface area contributed by atoms with Crippen LogP contribution in [0, 0.1) is 10.1 Å². The number of carbonyl (C=O) groups excluding carboxylic acids is 2. The highest BCUT2D eigenvalue weighted by Gasteiger charge is 2.15. The van der Waals surface area contributed by atoms with Gasteiger partial charge >= 0.3 is 0 Å². The second-order valence-corrected chi connectivity index (χ2v) is 5.21. The van der Waals surface area contributed by atoms with Gasteiger partial charge in [0.1, 0.15) is 0 Å². The van der Waals surface area contributed by atoms with E-state index in [2.05, 4.69) is 5.32 Å². The third kappa shape index (κ3) is 3.86. The summed E-state index contributed by atoms with van der Waals surface area (Å²) in [6, 6.07) is 7.20. The summed E-state index contributed by atoms with van der Waals surface area (Å²) in [7, 11) is 0. The molecule has 0 spiro atoms. The van der Waals surface area contributed by atoms with Crippen molar-refractivity contribution in [1.82, 2.24) is 0 Å². The number of hydrogen-bond acceptors (Lipinski definition) is 5. The summed E-state index contributed by atoms with van der Waals surface area (Å²) in [6.45, 7) is 1.31. The predicted octanol–water partition coefficient (Wildman–Crippen LogP) is 3.27. The molecule has 1 amide bonds. The Labute approximate surface area is 130 Å². The molecule has 1 aromatic carbocycles. The summed E-state index contributed by atoms with van der Waals surface area (Å²) in [5.41, 5.74) is 1.11. The minimum atomic E-state index is -0.549. The molecule has 0 fully saturated rings. The fourth-order valence-corrected chi connectivity index (χ4v) is 2.33. The second-order valence-electron chi connectivity index (χ2n) is 4.43. The van der Waals surface area contributed by atoms with Gasteiger partial charge in [-0.2, -0.15) is 11.3 Å². The molecule has 0 bridgehead atoms. The Morgan fingerprint density at radius 1 is 1.23 bits per heavy atom. The average molecular weight is 316 g/mol. The maximum atomic E-state index is 12.2. The maximum Gasteiger partial charge on any atom is 0.269 e. The van der Waals surface area contributed by atoms with E-state index in [0.29, 0.717) is 5.69 Å². The summed E-state index contributed by atoms with van der Waals surface area (Å²) < 4.78 is 0. The van der Waals surface area contributed by atoms with E-state index in [-0.39, 0.29) is 17.0 Å². The molecular formula is C15H12N2O4S. The van der Waals surface area contributed by atoms with Crippen molar-refractivity contribution in [2.75, 3.05) is 5.32 Å². The second kappa shape index (κ2) is 6.77. The van der Waals surface area contributed by atoms with Crippen LogP contribution in [0.1, 0.15) is 12.5 Å². The Morgan fingerprint density at radius 3 is 2.41 bits per heavy atom. The molecular weight excluding hydrogens is 304 g/mol. The monoisotopic (exact) mass is 316 g/mol. The number of benzene rings is 1. The van der Waals surface area contributed by atoms with Crippen LogP contribution in [0.3, 0.4) is 0 Å². The van der Waals surface area contributed by atoms with Crippen LogP contribution in [-0.2, 0) is 9.59 Å². The zero-order chi connectivity index (χ0) is 16.1. The molecule has 2 aromatic rings. The van der Waals surface area contributed by atoms with Gasteiger partial charge < -0.3 is 5.32 Å². The van der Waals surface area contributed by atoms with E-state index in [4.69, 9.17) is 0 Å². The lowest BCUT2D eigenvalue weighted by Crippen LogP contribution is -2.18. The van der Waals surface area contributed by atoms with Gasteiger partial charge in [-0.1, -0.05) is 0 Å². The molecule has 0 aliphatic carbocycles. The number of thiophene rings is 1. The fraction of sp³-hybridized carbons (Fsp3) is 0.0667. The van der Waals surface area contributed by atoms with E-state index in [0.717, 1.165) is 5.56 Å². The molecule has 1 N–H and O–H groups in total. The van der Waals surface area contributed by atoms with Crippen molar-refractivity contribution in [3.05, 3.63) is 62.3 Å². The van der Waals surface area contributed by atoms with Gasteiger partial charge in [-0.15, -0.1) is 0 Å².